The Balaban J connectivity index is 1.57. The van der Waals surface area contributed by atoms with Crippen molar-refractivity contribution < 1.29 is 14.3 Å². The largest absolute Gasteiger partial charge is 0.484 e. The average molecular weight is 425 g/mol. The standard InChI is InChI=1S/C22H20N2O3S2/c1-3-12-24-21(26)19(29-22(24)28)13-16-8-10-17(11-9-16)27-14-20(25)23-18-7-5-4-6-15(18)2/h3-11,13H,1,12,14H2,2H3,(H,23,25)/b19-13+. The van der Waals surface area contributed by atoms with E-state index in [-0.39, 0.29) is 18.4 Å². The lowest BCUT2D eigenvalue weighted by molar-refractivity contribution is -0.121. The highest BCUT2D eigenvalue weighted by Crippen LogP contribution is 2.32. The molecule has 1 saturated heterocycles. The van der Waals surface area contributed by atoms with Crippen molar-refractivity contribution in [3.8, 4) is 5.75 Å². The summed E-state index contributed by atoms with van der Waals surface area (Å²) in [6.07, 6.45) is 3.44. The van der Waals surface area contributed by atoms with Crippen LogP contribution >= 0.6 is 24.0 Å². The maximum atomic E-state index is 12.4. The van der Waals surface area contributed by atoms with Crippen LogP contribution in [0.4, 0.5) is 5.69 Å². The predicted octanol–water partition coefficient (Wildman–Crippen LogP) is 4.40. The van der Waals surface area contributed by atoms with Gasteiger partial charge in [-0.05, 0) is 42.3 Å². The van der Waals surface area contributed by atoms with Gasteiger partial charge in [0, 0.05) is 12.2 Å². The second kappa shape index (κ2) is 9.54. The van der Waals surface area contributed by atoms with E-state index >= 15 is 0 Å². The zero-order valence-electron chi connectivity index (χ0n) is 15.9. The Morgan fingerprint density at radius 2 is 1.97 bits per heavy atom. The monoisotopic (exact) mass is 424 g/mol. The van der Waals surface area contributed by atoms with Crippen LogP contribution in [0.5, 0.6) is 5.75 Å². The number of anilines is 1. The van der Waals surface area contributed by atoms with E-state index in [1.54, 1.807) is 24.3 Å². The van der Waals surface area contributed by atoms with Crippen molar-refractivity contribution in [1.29, 1.82) is 0 Å². The second-order valence-corrected chi connectivity index (χ2v) is 7.98. The number of carbonyl (C=O) groups is 2. The number of benzene rings is 2. The fourth-order valence-electron chi connectivity index (χ4n) is 2.65. The van der Waals surface area contributed by atoms with Crippen LogP contribution in [-0.2, 0) is 9.59 Å². The quantitative estimate of drug-likeness (QED) is 0.406. The molecular weight excluding hydrogens is 404 g/mol. The van der Waals surface area contributed by atoms with Crippen LogP contribution in [-0.4, -0.2) is 34.2 Å². The highest BCUT2D eigenvalue weighted by Gasteiger charge is 2.30. The molecule has 7 heteroatoms. The first kappa shape index (κ1) is 20.8. The van der Waals surface area contributed by atoms with Gasteiger partial charge in [0.2, 0.25) is 0 Å². The van der Waals surface area contributed by atoms with Crippen molar-refractivity contribution in [1.82, 2.24) is 4.90 Å². The Morgan fingerprint density at radius 3 is 2.66 bits per heavy atom. The average Bonchev–Trinajstić information content (AvgIpc) is 2.97. The summed E-state index contributed by atoms with van der Waals surface area (Å²) in [4.78, 5) is 26.5. The maximum absolute atomic E-state index is 12.4. The molecule has 0 saturated carbocycles. The van der Waals surface area contributed by atoms with Crippen LogP contribution in [0, 0.1) is 6.92 Å². The molecule has 0 aliphatic carbocycles. The number of nitrogens with zero attached hydrogens (tertiary/aromatic N) is 1. The minimum Gasteiger partial charge on any atom is -0.484 e. The summed E-state index contributed by atoms with van der Waals surface area (Å²) in [5.74, 6) is 0.226. The van der Waals surface area contributed by atoms with Crippen LogP contribution < -0.4 is 10.1 Å². The molecule has 1 fully saturated rings. The van der Waals surface area contributed by atoms with Crippen molar-refractivity contribution in [2.24, 2.45) is 0 Å². The van der Waals surface area contributed by atoms with Crippen LogP contribution in [0.2, 0.25) is 0 Å². The summed E-state index contributed by atoms with van der Waals surface area (Å²) >= 11 is 6.51. The summed E-state index contributed by atoms with van der Waals surface area (Å²) in [5, 5.41) is 2.83. The first-order valence-electron chi connectivity index (χ1n) is 8.92. The Labute approximate surface area is 179 Å². The SMILES string of the molecule is C=CCN1C(=O)/C(=C\c2ccc(OCC(=O)Nc3ccccc3C)cc2)SC1=S. The molecule has 29 heavy (non-hydrogen) atoms. The van der Waals surface area contributed by atoms with Crippen molar-refractivity contribution >= 4 is 51.9 Å². The third-order valence-corrected chi connectivity index (χ3v) is 5.53. The first-order valence-corrected chi connectivity index (χ1v) is 10.1. The fourth-order valence-corrected chi connectivity index (χ4v) is 3.92. The molecule has 0 spiro atoms. The van der Waals surface area contributed by atoms with E-state index in [0.717, 1.165) is 16.8 Å². The summed E-state index contributed by atoms with van der Waals surface area (Å²) < 4.78 is 6.08. The van der Waals surface area contributed by atoms with Crippen LogP contribution in [0.25, 0.3) is 6.08 Å². The van der Waals surface area contributed by atoms with E-state index in [9.17, 15) is 9.59 Å². The van der Waals surface area contributed by atoms with E-state index in [2.05, 4.69) is 11.9 Å². The van der Waals surface area contributed by atoms with Gasteiger partial charge in [0.15, 0.2) is 6.61 Å². The van der Waals surface area contributed by atoms with E-state index in [0.29, 0.717) is 21.5 Å². The number of thiocarbonyl (C=S) groups is 1. The number of rotatable bonds is 7. The zero-order chi connectivity index (χ0) is 20.8. The molecule has 1 heterocycles. The van der Waals surface area contributed by atoms with E-state index in [1.807, 2.05) is 43.3 Å². The fraction of sp³-hybridized carbons (Fsp3) is 0.136. The molecule has 148 valence electrons. The minimum atomic E-state index is -0.228. The molecule has 1 aliphatic rings. The third kappa shape index (κ3) is 5.34. The van der Waals surface area contributed by atoms with E-state index < -0.39 is 0 Å². The summed E-state index contributed by atoms with van der Waals surface area (Å²) in [7, 11) is 0. The van der Waals surface area contributed by atoms with Crippen molar-refractivity contribution in [3.63, 3.8) is 0 Å². The zero-order valence-corrected chi connectivity index (χ0v) is 17.5. The number of nitrogens with one attached hydrogen (secondary N) is 1. The van der Waals surface area contributed by atoms with Gasteiger partial charge in [-0.25, -0.2) is 0 Å². The van der Waals surface area contributed by atoms with E-state index in [1.165, 1.54) is 16.7 Å². The highest BCUT2D eigenvalue weighted by molar-refractivity contribution is 8.26. The predicted molar refractivity (Wildman–Crippen MR) is 122 cm³/mol. The minimum absolute atomic E-state index is 0.0894. The lowest BCUT2D eigenvalue weighted by atomic mass is 10.2. The van der Waals surface area contributed by atoms with Gasteiger partial charge >= 0.3 is 0 Å². The molecular formula is C22H20N2O3S2. The summed E-state index contributed by atoms with van der Waals surface area (Å²) in [6.45, 7) is 5.89. The summed E-state index contributed by atoms with van der Waals surface area (Å²) in [6, 6.07) is 14.7. The topological polar surface area (TPSA) is 58.6 Å². The van der Waals surface area contributed by atoms with Crippen molar-refractivity contribution in [2.75, 3.05) is 18.5 Å². The molecule has 0 atom stereocenters. The van der Waals surface area contributed by atoms with Gasteiger partial charge in [0.1, 0.15) is 10.1 Å². The van der Waals surface area contributed by atoms with Gasteiger partial charge in [-0.3, -0.25) is 14.5 Å². The number of hydrogen-bond donors (Lipinski definition) is 1. The van der Waals surface area contributed by atoms with Crippen molar-refractivity contribution in [2.45, 2.75) is 6.92 Å². The van der Waals surface area contributed by atoms with Crippen LogP contribution in [0.1, 0.15) is 11.1 Å². The molecule has 0 unspecified atom stereocenters. The molecule has 0 aromatic heterocycles. The number of thioether (sulfide) groups is 1. The van der Waals surface area contributed by atoms with Crippen molar-refractivity contribution in [3.05, 3.63) is 77.2 Å². The normalized spacial score (nSPS) is 14.9. The van der Waals surface area contributed by atoms with Gasteiger partial charge in [-0.15, -0.1) is 6.58 Å². The number of carbonyl (C=O) groups excluding carboxylic acids is 2. The third-order valence-electron chi connectivity index (χ3n) is 4.15. The molecule has 1 aliphatic heterocycles. The lowest BCUT2D eigenvalue weighted by Gasteiger charge is -2.10. The van der Waals surface area contributed by atoms with Gasteiger partial charge in [0.05, 0.1) is 4.91 Å². The van der Waals surface area contributed by atoms with Gasteiger partial charge < -0.3 is 10.1 Å². The molecule has 2 aromatic rings. The molecule has 3 rings (SSSR count). The molecule has 2 amide bonds. The highest BCUT2D eigenvalue weighted by atomic mass is 32.2. The van der Waals surface area contributed by atoms with Gasteiger partial charge in [0.25, 0.3) is 11.8 Å². The molecule has 1 N–H and O–H groups in total. The Bertz CT molecular complexity index is 984. The van der Waals surface area contributed by atoms with E-state index in [4.69, 9.17) is 17.0 Å². The Morgan fingerprint density at radius 1 is 1.24 bits per heavy atom. The number of aryl methyl sites for hydroxylation is 1. The number of ether oxygens (including phenoxy) is 1. The smallest absolute Gasteiger partial charge is 0.266 e. The summed E-state index contributed by atoms with van der Waals surface area (Å²) in [5.41, 5.74) is 2.61. The number of hydrogen-bond acceptors (Lipinski definition) is 5. The van der Waals surface area contributed by atoms with Crippen LogP contribution in [0.15, 0.2) is 66.1 Å². The molecule has 0 radical (unpaired) electrons. The Kier molecular flexibility index (Phi) is 6.85. The number of amides is 2. The van der Waals surface area contributed by atoms with Gasteiger partial charge in [-0.1, -0.05) is 60.4 Å². The molecule has 0 bridgehead atoms. The van der Waals surface area contributed by atoms with Gasteiger partial charge in [-0.2, -0.15) is 0 Å². The maximum Gasteiger partial charge on any atom is 0.266 e. The Hall–Kier alpha value is -2.90. The lowest BCUT2D eigenvalue weighted by Crippen LogP contribution is -2.27. The van der Waals surface area contributed by atoms with Crippen LogP contribution in [0.3, 0.4) is 0 Å². The molecule has 5 nitrogen and oxygen atoms in total. The number of para-hydroxylation sites is 1. The first-order chi connectivity index (χ1) is 14.0. The second-order valence-electron chi connectivity index (χ2n) is 6.30. The molecule has 2 aromatic carbocycles.